The number of nitrogens with zero attached hydrogens (tertiary/aromatic N) is 1. The molecular weight excluding hydrogens is 263 g/mol. The Kier molecular flexibility index (Phi) is 4.41. The molecule has 0 saturated carbocycles. The standard InChI is InChI=1S/C9H9F5N2O2/c10-7(11)6-1-4(2-15)5(3-17)8(16-6)18-9(12,13)14/h1,7,17H,2-3,15H2. The summed E-state index contributed by atoms with van der Waals surface area (Å²) in [5, 5.41) is 8.93. The van der Waals surface area contributed by atoms with Gasteiger partial charge in [0.2, 0.25) is 5.88 Å². The topological polar surface area (TPSA) is 68.4 Å². The van der Waals surface area contributed by atoms with Crippen molar-refractivity contribution in [1.82, 2.24) is 4.98 Å². The number of alkyl halides is 5. The summed E-state index contributed by atoms with van der Waals surface area (Å²) in [6, 6.07) is 0.833. The summed E-state index contributed by atoms with van der Waals surface area (Å²) < 4.78 is 64.5. The van der Waals surface area contributed by atoms with E-state index in [1.807, 2.05) is 0 Å². The summed E-state index contributed by atoms with van der Waals surface area (Å²) >= 11 is 0. The second-order valence-electron chi connectivity index (χ2n) is 3.20. The number of aromatic nitrogens is 1. The third kappa shape index (κ3) is 3.50. The monoisotopic (exact) mass is 272 g/mol. The zero-order chi connectivity index (χ0) is 13.9. The Morgan fingerprint density at radius 2 is 2.00 bits per heavy atom. The van der Waals surface area contributed by atoms with Gasteiger partial charge >= 0.3 is 6.36 Å². The van der Waals surface area contributed by atoms with Gasteiger partial charge in [0, 0.05) is 12.1 Å². The number of ether oxygens (including phenoxy) is 1. The normalized spacial score (nSPS) is 12.0. The van der Waals surface area contributed by atoms with Gasteiger partial charge in [0.05, 0.1) is 6.61 Å². The molecule has 9 heteroatoms. The summed E-state index contributed by atoms with van der Waals surface area (Å²) in [6.45, 7) is -1.18. The Bertz CT molecular complexity index is 422. The molecule has 102 valence electrons. The minimum absolute atomic E-state index is 0.0814. The SMILES string of the molecule is NCc1cc(C(F)F)nc(OC(F)(F)F)c1CO. The van der Waals surface area contributed by atoms with E-state index in [9.17, 15) is 22.0 Å². The molecule has 1 aromatic heterocycles. The van der Waals surface area contributed by atoms with Crippen molar-refractivity contribution in [3.8, 4) is 5.88 Å². The van der Waals surface area contributed by atoms with Crippen LogP contribution >= 0.6 is 0 Å². The van der Waals surface area contributed by atoms with Gasteiger partial charge in [0.1, 0.15) is 5.69 Å². The minimum Gasteiger partial charge on any atom is -0.391 e. The van der Waals surface area contributed by atoms with Crippen LogP contribution in [0.3, 0.4) is 0 Å². The molecule has 1 rings (SSSR count). The van der Waals surface area contributed by atoms with E-state index >= 15 is 0 Å². The second kappa shape index (κ2) is 5.44. The molecule has 0 amide bonds. The predicted octanol–water partition coefficient (Wildman–Crippen LogP) is 1.87. The Morgan fingerprint density at radius 3 is 2.39 bits per heavy atom. The summed E-state index contributed by atoms with van der Waals surface area (Å²) in [5.74, 6) is -1.11. The average Bonchev–Trinajstić information content (AvgIpc) is 2.25. The molecule has 0 aromatic carbocycles. The highest BCUT2D eigenvalue weighted by Gasteiger charge is 2.34. The maximum Gasteiger partial charge on any atom is 0.574 e. The van der Waals surface area contributed by atoms with Crippen LogP contribution in [0.5, 0.6) is 5.88 Å². The Morgan fingerprint density at radius 1 is 1.39 bits per heavy atom. The van der Waals surface area contributed by atoms with E-state index in [1.54, 1.807) is 0 Å². The predicted molar refractivity (Wildman–Crippen MR) is 49.7 cm³/mol. The lowest BCUT2D eigenvalue weighted by molar-refractivity contribution is -0.276. The number of hydrogen-bond donors (Lipinski definition) is 2. The lowest BCUT2D eigenvalue weighted by Crippen LogP contribution is -2.20. The van der Waals surface area contributed by atoms with Crippen LogP contribution in [0, 0.1) is 0 Å². The molecule has 1 aromatic rings. The number of halogens is 5. The lowest BCUT2D eigenvalue weighted by Gasteiger charge is -2.15. The first-order chi connectivity index (χ1) is 8.28. The van der Waals surface area contributed by atoms with Crippen molar-refractivity contribution in [1.29, 1.82) is 0 Å². The molecule has 18 heavy (non-hydrogen) atoms. The van der Waals surface area contributed by atoms with Crippen LogP contribution in [0.15, 0.2) is 6.07 Å². The van der Waals surface area contributed by atoms with Crippen molar-refractivity contribution >= 4 is 0 Å². The third-order valence-corrected chi connectivity index (χ3v) is 2.01. The van der Waals surface area contributed by atoms with Gasteiger partial charge < -0.3 is 15.6 Å². The molecule has 0 unspecified atom stereocenters. The summed E-state index contributed by atoms with van der Waals surface area (Å²) in [7, 11) is 0. The Hall–Kier alpha value is -1.48. The van der Waals surface area contributed by atoms with E-state index in [4.69, 9.17) is 10.8 Å². The number of pyridine rings is 1. The first-order valence-electron chi connectivity index (χ1n) is 4.66. The Labute approximate surface area is 98.2 Å². The van der Waals surface area contributed by atoms with E-state index in [0.717, 1.165) is 6.07 Å². The van der Waals surface area contributed by atoms with Crippen molar-refractivity contribution < 1.29 is 31.8 Å². The highest BCUT2D eigenvalue weighted by Crippen LogP contribution is 2.30. The minimum atomic E-state index is -5.09. The van der Waals surface area contributed by atoms with Crippen molar-refractivity contribution in [2.75, 3.05) is 0 Å². The number of aliphatic hydroxyl groups is 1. The summed E-state index contributed by atoms with van der Waals surface area (Å²) in [4.78, 5) is 3.03. The van der Waals surface area contributed by atoms with E-state index in [2.05, 4.69) is 9.72 Å². The van der Waals surface area contributed by atoms with Gasteiger partial charge in [0.25, 0.3) is 6.43 Å². The molecule has 0 aliphatic rings. The van der Waals surface area contributed by atoms with Crippen LogP contribution < -0.4 is 10.5 Å². The maximum absolute atomic E-state index is 12.4. The van der Waals surface area contributed by atoms with Crippen molar-refractivity contribution in [2.45, 2.75) is 25.9 Å². The van der Waals surface area contributed by atoms with Crippen LogP contribution in [-0.2, 0) is 13.2 Å². The van der Waals surface area contributed by atoms with Gasteiger partial charge in [-0.15, -0.1) is 13.2 Å². The maximum atomic E-state index is 12.4. The van der Waals surface area contributed by atoms with Crippen LogP contribution in [0.25, 0.3) is 0 Å². The molecule has 0 aliphatic carbocycles. The lowest BCUT2D eigenvalue weighted by atomic mass is 10.1. The quantitative estimate of drug-likeness (QED) is 0.821. The largest absolute Gasteiger partial charge is 0.574 e. The highest BCUT2D eigenvalue weighted by atomic mass is 19.4. The van der Waals surface area contributed by atoms with Gasteiger partial charge in [-0.25, -0.2) is 13.8 Å². The average molecular weight is 272 g/mol. The first-order valence-corrected chi connectivity index (χ1v) is 4.66. The van der Waals surface area contributed by atoms with E-state index in [-0.39, 0.29) is 17.7 Å². The fourth-order valence-electron chi connectivity index (χ4n) is 1.28. The highest BCUT2D eigenvalue weighted by molar-refractivity contribution is 5.37. The summed E-state index contributed by atoms with van der Waals surface area (Å²) in [6.07, 6.45) is -8.16. The van der Waals surface area contributed by atoms with E-state index in [0.29, 0.717) is 0 Å². The van der Waals surface area contributed by atoms with Gasteiger partial charge in [-0.1, -0.05) is 0 Å². The third-order valence-electron chi connectivity index (χ3n) is 2.01. The van der Waals surface area contributed by atoms with Crippen molar-refractivity contribution in [3.05, 3.63) is 22.9 Å². The first kappa shape index (κ1) is 14.6. The molecule has 0 saturated heterocycles. The van der Waals surface area contributed by atoms with Crippen LogP contribution in [0.2, 0.25) is 0 Å². The van der Waals surface area contributed by atoms with Crippen molar-refractivity contribution in [3.63, 3.8) is 0 Å². The zero-order valence-electron chi connectivity index (χ0n) is 8.84. The molecule has 1 heterocycles. The molecule has 0 radical (unpaired) electrons. The molecule has 0 bridgehead atoms. The zero-order valence-corrected chi connectivity index (χ0v) is 8.84. The van der Waals surface area contributed by atoms with Gasteiger partial charge in [-0.05, 0) is 11.6 Å². The molecule has 3 N–H and O–H groups in total. The van der Waals surface area contributed by atoms with Gasteiger partial charge in [-0.3, -0.25) is 0 Å². The molecular formula is C9H9F5N2O2. The molecule has 4 nitrogen and oxygen atoms in total. The van der Waals surface area contributed by atoms with Gasteiger partial charge in [0.15, 0.2) is 0 Å². The summed E-state index contributed by atoms with van der Waals surface area (Å²) in [5.41, 5.74) is 3.87. The number of nitrogens with two attached hydrogens (primary N) is 1. The van der Waals surface area contributed by atoms with E-state index in [1.165, 1.54) is 0 Å². The van der Waals surface area contributed by atoms with Crippen molar-refractivity contribution in [2.24, 2.45) is 5.73 Å². The molecule has 0 fully saturated rings. The van der Waals surface area contributed by atoms with Crippen LogP contribution in [0.4, 0.5) is 22.0 Å². The number of rotatable bonds is 4. The second-order valence-corrected chi connectivity index (χ2v) is 3.20. The molecule has 0 atom stereocenters. The fraction of sp³-hybridized carbons (Fsp3) is 0.444. The van der Waals surface area contributed by atoms with Crippen LogP contribution in [-0.4, -0.2) is 16.5 Å². The Balaban J connectivity index is 3.31. The van der Waals surface area contributed by atoms with Crippen LogP contribution in [0.1, 0.15) is 23.2 Å². The molecule has 0 spiro atoms. The number of hydrogen-bond acceptors (Lipinski definition) is 4. The van der Waals surface area contributed by atoms with E-state index < -0.39 is 31.0 Å². The fourth-order valence-corrected chi connectivity index (χ4v) is 1.28. The molecule has 0 aliphatic heterocycles. The number of aliphatic hydroxyl groups excluding tert-OH is 1. The van der Waals surface area contributed by atoms with Gasteiger partial charge in [-0.2, -0.15) is 0 Å². The smallest absolute Gasteiger partial charge is 0.391 e.